The summed E-state index contributed by atoms with van der Waals surface area (Å²) in [5, 5.41) is 0. The Bertz CT molecular complexity index is 741. The lowest BCUT2D eigenvalue weighted by Crippen LogP contribution is -2.22. The van der Waals surface area contributed by atoms with E-state index in [2.05, 4.69) is 24.9 Å². The maximum absolute atomic E-state index is 12.1. The molecule has 0 aromatic carbocycles. The smallest absolute Gasteiger partial charge is 0.163 e. The number of carbonyl (C=O) groups is 1. The van der Waals surface area contributed by atoms with E-state index in [1.807, 2.05) is 4.57 Å². The van der Waals surface area contributed by atoms with E-state index >= 15 is 0 Å². The summed E-state index contributed by atoms with van der Waals surface area (Å²) < 4.78 is 2.02. The fourth-order valence-electron chi connectivity index (χ4n) is 4.03. The Morgan fingerprint density at radius 3 is 2.72 bits per heavy atom. The van der Waals surface area contributed by atoms with Gasteiger partial charge in [0.1, 0.15) is 17.3 Å². The van der Waals surface area contributed by atoms with Crippen LogP contribution in [-0.2, 0) is 17.8 Å². The van der Waals surface area contributed by atoms with E-state index < -0.39 is 6.17 Å². The average molecular weight is 343 g/mol. The van der Waals surface area contributed by atoms with Crippen LogP contribution in [-0.4, -0.2) is 15.3 Å². The minimum atomic E-state index is -0.676. The predicted octanol–water partition coefficient (Wildman–Crippen LogP) is 2.35. The quantitative estimate of drug-likeness (QED) is 0.686. The van der Waals surface area contributed by atoms with Crippen LogP contribution in [0.4, 0.5) is 5.82 Å². The predicted molar refractivity (Wildman–Crippen MR) is 99.5 cm³/mol. The summed E-state index contributed by atoms with van der Waals surface area (Å²) in [6.07, 6.45) is 6.74. The van der Waals surface area contributed by atoms with Crippen molar-refractivity contribution in [3.63, 3.8) is 0 Å². The molecule has 1 aromatic heterocycles. The molecule has 25 heavy (non-hydrogen) atoms. The fourth-order valence-corrected chi connectivity index (χ4v) is 4.03. The van der Waals surface area contributed by atoms with Gasteiger partial charge < -0.3 is 21.8 Å². The van der Waals surface area contributed by atoms with Gasteiger partial charge in [-0.05, 0) is 31.6 Å². The number of allylic oxidation sites excluding steroid dienone is 4. The Morgan fingerprint density at radius 2 is 2.08 bits per heavy atom. The Morgan fingerprint density at radius 1 is 1.32 bits per heavy atom. The molecule has 6 heteroatoms. The highest BCUT2D eigenvalue weighted by atomic mass is 16.1. The van der Waals surface area contributed by atoms with Gasteiger partial charge in [0, 0.05) is 25.0 Å². The van der Waals surface area contributed by atoms with Crippen molar-refractivity contribution < 1.29 is 4.79 Å². The van der Waals surface area contributed by atoms with Crippen LogP contribution in [0.5, 0.6) is 0 Å². The number of nitrogens with two attached hydrogens (primary N) is 3. The molecule has 6 N–H and O–H groups in total. The summed E-state index contributed by atoms with van der Waals surface area (Å²) in [6.45, 7) is 5.10. The van der Waals surface area contributed by atoms with Crippen molar-refractivity contribution >= 4 is 11.6 Å². The summed E-state index contributed by atoms with van der Waals surface area (Å²) in [5.41, 5.74) is 22.0. The molecule has 1 unspecified atom stereocenters. The highest BCUT2D eigenvalue weighted by Gasteiger charge is 2.30. The molecule has 0 spiro atoms. The van der Waals surface area contributed by atoms with Crippen LogP contribution in [0.2, 0.25) is 0 Å². The van der Waals surface area contributed by atoms with Gasteiger partial charge >= 0.3 is 0 Å². The molecule has 1 heterocycles. The number of nitrogen functional groups attached to an aromatic ring is 1. The first-order valence-electron chi connectivity index (χ1n) is 9.27. The molecule has 0 aliphatic heterocycles. The number of carbonyl (C=O) groups excluding carboxylic acids is 1. The number of Topliss-reactive ketones (excluding diaryl/α,β-unsaturated/α-hetero) is 1. The maximum Gasteiger partial charge on any atom is 0.163 e. The van der Waals surface area contributed by atoms with Gasteiger partial charge in [0.15, 0.2) is 5.78 Å². The maximum atomic E-state index is 12.1. The second-order valence-corrected chi connectivity index (χ2v) is 7.12. The van der Waals surface area contributed by atoms with Crippen LogP contribution in [0.25, 0.3) is 0 Å². The third-order valence-corrected chi connectivity index (χ3v) is 5.41. The molecule has 6 nitrogen and oxygen atoms in total. The molecule has 3 rings (SSSR count). The van der Waals surface area contributed by atoms with Crippen molar-refractivity contribution in [2.45, 2.75) is 65.1 Å². The van der Waals surface area contributed by atoms with Gasteiger partial charge in [-0.25, -0.2) is 4.98 Å². The number of aromatic nitrogens is 2. The van der Waals surface area contributed by atoms with Gasteiger partial charge in [0.2, 0.25) is 0 Å². The van der Waals surface area contributed by atoms with E-state index in [1.165, 1.54) is 11.1 Å². The lowest BCUT2D eigenvalue weighted by Gasteiger charge is -2.24. The zero-order valence-electron chi connectivity index (χ0n) is 15.2. The van der Waals surface area contributed by atoms with Gasteiger partial charge in [-0.15, -0.1) is 0 Å². The largest absolute Gasteiger partial charge is 0.383 e. The van der Waals surface area contributed by atoms with Crippen molar-refractivity contribution in [3.8, 4) is 0 Å². The molecule has 0 saturated heterocycles. The lowest BCUT2D eigenvalue weighted by molar-refractivity contribution is -0.114. The summed E-state index contributed by atoms with van der Waals surface area (Å²) in [7, 11) is 0. The first kappa shape index (κ1) is 17.9. The molecule has 2 aliphatic rings. The lowest BCUT2D eigenvalue weighted by atomic mass is 9.81. The Hall–Kier alpha value is -1.92. The first-order chi connectivity index (χ1) is 12.0. The van der Waals surface area contributed by atoms with Gasteiger partial charge in [0.05, 0.1) is 6.17 Å². The molecular formula is C19H29N5O. The number of rotatable bonds is 6. The molecule has 0 amide bonds. The van der Waals surface area contributed by atoms with Crippen LogP contribution >= 0.6 is 0 Å². The Labute approximate surface area is 149 Å². The second kappa shape index (κ2) is 7.14. The van der Waals surface area contributed by atoms with Gasteiger partial charge in [-0.1, -0.05) is 31.1 Å². The minimum Gasteiger partial charge on any atom is -0.383 e. The molecule has 2 aliphatic carbocycles. The molecule has 1 aromatic rings. The molecule has 0 bridgehead atoms. The number of nitrogens with zero attached hydrogens (tertiary/aromatic N) is 2. The third-order valence-electron chi connectivity index (χ3n) is 5.41. The van der Waals surface area contributed by atoms with Crippen molar-refractivity contribution in [1.82, 2.24) is 9.55 Å². The van der Waals surface area contributed by atoms with Crippen molar-refractivity contribution in [1.29, 1.82) is 0 Å². The van der Waals surface area contributed by atoms with Crippen molar-refractivity contribution in [2.75, 3.05) is 5.73 Å². The van der Waals surface area contributed by atoms with E-state index in [0.29, 0.717) is 30.3 Å². The van der Waals surface area contributed by atoms with Crippen LogP contribution in [0.3, 0.4) is 0 Å². The molecule has 0 saturated carbocycles. The van der Waals surface area contributed by atoms with Crippen molar-refractivity contribution in [3.05, 3.63) is 34.3 Å². The zero-order valence-corrected chi connectivity index (χ0v) is 15.2. The number of hydrogen-bond acceptors (Lipinski definition) is 5. The van der Waals surface area contributed by atoms with Gasteiger partial charge in [-0.2, -0.15) is 0 Å². The van der Waals surface area contributed by atoms with Gasteiger partial charge in [0.25, 0.3) is 0 Å². The first-order valence-corrected chi connectivity index (χ1v) is 9.27. The number of hydrogen-bond donors (Lipinski definition) is 3. The van der Waals surface area contributed by atoms with Crippen LogP contribution in [0, 0.1) is 5.92 Å². The van der Waals surface area contributed by atoms with Gasteiger partial charge in [-0.3, -0.25) is 4.79 Å². The molecule has 0 fully saturated rings. The normalized spacial score (nSPS) is 20.4. The Balaban J connectivity index is 1.96. The van der Waals surface area contributed by atoms with Crippen molar-refractivity contribution in [2.24, 2.45) is 17.4 Å². The number of ketones is 1. The second-order valence-electron chi connectivity index (χ2n) is 7.12. The molecule has 0 radical (unpaired) electrons. The summed E-state index contributed by atoms with van der Waals surface area (Å²) in [5.74, 6) is 2.21. The fraction of sp³-hybridized carbons (Fsp3) is 0.579. The summed E-state index contributed by atoms with van der Waals surface area (Å²) >= 11 is 0. The SMILES string of the molecule is CCCn1c(CC2=CC3=C(CCC3=O)CC2CC)nc(C(N)N)c1N. The monoisotopic (exact) mass is 343 g/mol. The Kier molecular flexibility index (Phi) is 5.11. The van der Waals surface area contributed by atoms with E-state index in [-0.39, 0.29) is 5.78 Å². The van der Waals surface area contributed by atoms with Crippen LogP contribution in [0.15, 0.2) is 22.8 Å². The highest BCUT2D eigenvalue weighted by Crippen LogP contribution is 2.39. The van der Waals surface area contributed by atoms with E-state index in [1.54, 1.807) is 0 Å². The molecule has 1 atom stereocenters. The molecular weight excluding hydrogens is 314 g/mol. The summed E-state index contributed by atoms with van der Waals surface area (Å²) in [6, 6.07) is 0. The topological polar surface area (TPSA) is 113 Å². The number of anilines is 1. The standard InChI is InChI=1S/C19H29N5O/c1-3-7-24-16(23-17(18(20)21)19(24)22)10-13-9-14-12(5-6-15(14)25)8-11(13)4-2/h9,11,18H,3-8,10,20-22H2,1-2H3. The zero-order chi connectivity index (χ0) is 18.1. The minimum absolute atomic E-state index is 0.281. The van der Waals surface area contributed by atoms with Crippen LogP contribution in [0.1, 0.15) is 63.6 Å². The van der Waals surface area contributed by atoms with E-state index in [9.17, 15) is 4.79 Å². The summed E-state index contributed by atoms with van der Waals surface area (Å²) in [4.78, 5) is 16.8. The third kappa shape index (κ3) is 3.28. The highest BCUT2D eigenvalue weighted by molar-refractivity contribution is 6.01. The van der Waals surface area contributed by atoms with Crippen LogP contribution < -0.4 is 17.2 Å². The number of imidazole rings is 1. The van der Waals surface area contributed by atoms with E-state index in [0.717, 1.165) is 43.6 Å². The van der Waals surface area contributed by atoms with E-state index in [4.69, 9.17) is 17.2 Å². The molecule has 136 valence electrons. The average Bonchev–Trinajstić information content (AvgIpc) is 3.09.